The minimum atomic E-state index is -4.43. The Morgan fingerprint density at radius 3 is 2.41 bits per heavy atom. The van der Waals surface area contributed by atoms with Crippen LogP contribution in [0.5, 0.6) is 5.75 Å². The predicted octanol–water partition coefficient (Wildman–Crippen LogP) is 5.96. The van der Waals surface area contributed by atoms with Gasteiger partial charge < -0.3 is 19.9 Å². The van der Waals surface area contributed by atoms with Gasteiger partial charge >= 0.3 is 6.18 Å². The Labute approximate surface area is 227 Å². The second-order valence-corrected chi connectivity index (χ2v) is 13.2. The van der Waals surface area contributed by atoms with Gasteiger partial charge in [0, 0.05) is 17.1 Å². The fraction of sp³-hybridized carbons (Fsp3) is 0.448. The molecule has 1 aliphatic rings. The molecule has 1 saturated heterocycles. The van der Waals surface area contributed by atoms with Crippen molar-refractivity contribution in [2.75, 3.05) is 35.8 Å². The number of aromatic nitrogens is 1. The summed E-state index contributed by atoms with van der Waals surface area (Å²) in [7, 11) is -1.43. The molecule has 4 rings (SSSR count). The van der Waals surface area contributed by atoms with Crippen molar-refractivity contribution in [3.63, 3.8) is 0 Å². The zero-order valence-electron chi connectivity index (χ0n) is 22.6. The molecule has 2 aromatic carbocycles. The fourth-order valence-corrected chi connectivity index (χ4v) is 6.19. The number of nitrogens with one attached hydrogen (secondary N) is 2. The van der Waals surface area contributed by atoms with Gasteiger partial charge in [0.15, 0.2) is 0 Å². The van der Waals surface area contributed by atoms with Gasteiger partial charge in [-0.15, -0.1) is 0 Å². The number of alkyl halides is 3. The van der Waals surface area contributed by atoms with Crippen LogP contribution in [-0.2, 0) is 21.8 Å². The van der Waals surface area contributed by atoms with Crippen LogP contribution < -0.4 is 15.4 Å². The smallest absolute Gasteiger partial charge is 0.406 e. The number of benzene rings is 2. The van der Waals surface area contributed by atoms with Crippen LogP contribution in [0.25, 0.3) is 10.9 Å². The highest BCUT2D eigenvalue weighted by Gasteiger charge is 2.30. The lowest BCUT2D eigenvalue weighted by Crippen LogP contribution is -2.32. The Balaban J connectivity index is 1.59. The van der Waals surface area contributed by atoms with E-state index in [9.17, 15) is 21.6 Å². The molecule has 1 aliphatic heterocycles. The molecule has 39 heavy (non-hydrogen) atoms. The molecular formula is C29H34F3N3O3S. The molecule has 0 saturated carbocycles. The second kappa shape index (κ2) is 11.0. The minimum Gasteiger partial charge on any atom is -0.495 e. The summed E-state index contributed by atoms with van der Waals surface area (Å²) in [4.78, 5) is 0. The average Bonchev–Trinajstić information content (AvgIpc) is 3.19. The van der Waals surface area contributed by atoms with Gasteiger partial charge in [0.05, 0.1) is 42.1 Å². The lowest BCUT2D eigenvalue weighted by Gasteiger charge is -2.24. The van der Waals surface area contributed by atoms with Gasteiger partial charge in [0.1, 0.15) is 22.1 Å². The monoisotopic (exact) mass is 561 g/mol. The Bertz CT molecular complexity index is 1500. The second-order valence-electron chi connectivity index (χ2n) is 10.9. The Morgan fingerprint density at radius 2 is 1.77 bits per heavy atom. The van der Waals surface area contributed by atoms with Crippen molar-refractivity contribution in [2.24, 2.45) is 0 Å². The SMILES string of the molecule is COc1cc(C(C)(C)C)ccc1NCC#Cc1cc2c(NC3CCS(=O)(=O)CC3)cccc2n1CC(F)(F)F. The topological polar surface area (TPSA) is 72.4 Å². The molecule has 210 valence electrons. The number of hydrogen-bond donors (Lipinski definition) is 2. The van der Waals surface area contributed by atoms with Crippen LogP contribution in [-0.4, -0.2) is 50.4 Å². The van der Waals surface area contributed by atoms with E-state index in [0.717, 1.165) is 11.3 Å². The summed E-state index contributed by atoms with van der Waals surface area (Å²) in [6.07, 6.45) is -3.51. The number of rotatable bonds is 6. The van der Waals surface area contributed by atoms with Gasteiger partial charge in [-0.05, 0) is 60.1 Å². The number of halogens is 3. The van der Waals surface area contributed by atoms with Crippen LogP contribution in [0.1, 0.15) is 44.9 Å². The standard InChI is InChI=1S/C29H34F3N3O3S/c1-28(2,3)20-10-11-25(27(17-20)38-4)33-14-6-7-22-18-23-24(34-21-12-15-39(36,37)16-13-21)8-5-9-26(23)35(22)19-29(30,31)32/h5,8-11,17-18,21,33-34H,12-16,19H2,1-4H3. The maximum atomic E-state index is 13.5. The van der Waals surface area contributed by atoms with E-state index >= 15 is 0 Å². The number of methoxy groups -OCH3 is 1. The molecule has 0 unspecified atom stereocenters. The summed E-state index contributed by atoms with van der Waals surface area (Å²) in [5.74, 6) is 6.73. The summed E-state index contributed by atoms with van der Waals surface area (Å²) < 4.78 is 70.8. The van der Waals surface area contributed by atoms with Crippen LogP contribution in [0.4, 0.5) is 24.5 Å². The minimum absolute atomic E-state index is 0.0418. The molecule has 3 aromatic rings. The van der Waals surface area contributed by atoms with E-state index in [1.54, 1.807) is 31.4 Å². The number of fused-ring (bicyclic) bond motifs is 1. The summed E-state index contributed by atoms with van der Waals surface area (Å²) >= 11 is 0. The molecule has 6 nitrogen and oxygen atoms in total. The zero-order valence-corrected chi connectivity index (χ0v) is 23.4. The summed E-state index contributed by atoms with van der Waals surface area (Å²) in [5, 5.41) is 7.16. The van der Waals surface area contributed by atoms with Crippen molar-refractivity contribution >= 4 is 32.1 Å². The molecular weight excluding hydrogens is 527 g/mol. The van der Waals surface area contributed by atoms with Crippen molar-refractivity contribution in [1.82, 2.24) is 4.57 Å². The highest BCUT2D eigenvalue weighted by atomic mass is 32.2. The van der Waals surface area contributed by atoms with Gasteiger partial charge in [-0.1, -0.05) is 38.8 Å². The highest BCUT2D eigenvalue weighted by molar-refractivity contribution is 7.91. The molecule has 2 heterocycles. The third-order valence-electron chi connectivity index (χ3n) is 6.85. The maximum Gasteiger partial charge on any atom is 0.406 e. The third kappa shape index (κ3) is 7.21. The molecule has 1 aromatic heterocycles. The van der Waals surface area contributed by atoms with E-state index in [1.165, 1.54) is 4.57 Å². The van der Waals surface area contributed by atoms with Gasteiger partial charge in [-0.25, -0.2) is 8.42 Å². The largest absolute Gasteiger partial charge is 0.495 e. The van der Waals surface area contributed by atoms with Gasteiger partial charge in [-0.3, -0.25) is 0 Å². The van der Waals surface area contributed by atoms with Crippen molar-refractivity contribution < 1.29 is 26.3 Å². The Hall–Kier alpha value is -3.32. The fourth-order valence-electron chi connectivity index (χ4n) is 4.70. The van der Waals surface area contributed by atoms with Gasteiger partial charge in [0.2, 0.25) is 0 Å². The maximum absolute atomic E-state index is 13.5. The lowest BCUT2D eigenvalue weighted by atomic mass is 9.87. The van der Waals surface area contributed by atoms with Crippen molar-refractivity contribution in [1.29, 1.82) is 0 Å². The zero-order chi connectivity index (χ0) is 28.4. The predicted molar refractivity (Wildman–Crippen MR) is 150 cm³/mol. The molecule has 0 bridgehead atoms. The van der Waals surface area contributed by atoms with Crippen molar-refractivity contribution in [3.05, 3.63) is 53.7 Å². The van der Waals surface area contributed by atoms with Crippen LogP contribution >= 0.6 is 0 Å². The normalized spacial score (nSPS) is 16.0. The first-order valence-electron chi connectivity index (χ1n) is 12.8. The Morgan fingerprint density at radius 1 is 1.05 bits per heavy atom. The van der Waals surface area contributed by atoms with Gasteiger partial charge in [0.25, 0.3) is 0 Å². The van der Waals surface area contributed by atoms with E-state index in [1.807, 2.05) is 18.2 Å². The number of nitrogens with zero attached hydrogens (tertiary/aromatic N) is 1. The van der Waals surface area contributed by atoms with Crippen molar-refractivity contribution in [2.45, 2.75) is 57.8 Å². The molecule has 0 amide bonds. The molecule has 1 fully saturated rings. The first-order chi connectivity index (χ1) is 18.3. The number of sulfone groups is 1. The first-order valence-corrected chi connectivity index (χ1v) is 14.7. The Kier molecular flexibility index (Phi) is 8.12. The number of hydrogen-bond acceptors (Lipinski definition) is 5. The molecule has 0 aliphatic carbocycles. The van der Waals surface area contributed by atoms with E-state index in [-0.39, 0.29) is 35.2 Å². The molecule has 10 heteroatoms. The van der Waals surface area contributed by atoms with E-state index in [4.69, 9.17) is 4.74 Å². The van der Waals surface area contributed by atoms with Gasteiger partial charge in [-0.2, -0.15) is 13.2 Å². The quantitative estimate of drug-likeness (QED) is 0.363. The van der Waals surface area contributed by atoms with Crippen molar-refractivity contribution in [3.8, 4) is 17.6 Å². The van der Waals surface area contributed by atoms with E-state index in [0.29, 0.717) is 35.2 Å². The van der Waals surface area contributed by atoms with Crippen LogP contribution in [0, 0.1) is 11.8 Å². The summed E-state index contributed by atoms with van der Waals surface area (Å²) in [6.45, 7) is 5.38. The van der Waals surface area contributed by atoms with E-state index in [2.05, 4.69) is 43.2 Å². The average molecular weight is 562 g/mol. The van der Waals surface area contributed by atoms with E-state index < -0.39 is 22.6 Å². The number of ether oxygens (including phenoxy) is 1. The molecule has 2 N–H and O–H groups in total. The molecule has 0 atom stereocenters. The summed E-state index contributed by atoms with van der Waals surface area (Å²) in [6, 6.07) is 12.6. The third-order valence-corrected chi connectivity index (χ3v) is 8.56. The number of anilines is 2. The van der Waals surface area contributed by atoms with Crippen LogP contribution in [0.15, 0.2) is 42.5 Å². The molecule has 0 spiro atoms. The first kappa shape index (κ1) is 28.7. The van der Waals surface area contributed by atoms with Crippen LogP contribution in [0.2, 0.25) is 0 Å². The lowest BCUT2D eigenvalue weighted by molar-refractivity contribution is -0.140. The highest BCUT2D eigenvalue weighted by Crippen LogP contribution is 2.33. The molecule has 0 radical (unpaired) electrons. The summed E-state index contributed by atoms with van der Waals surface area (Å²) in [5.41, 5.74) is 3.16. The van der Waals surface area contributed by atoms with Crippen LogP contribution in [0.3, 0.4) is 0 Å².